The van der Waals surface area contributed by atoms with Gasteiger partial charge in [0.2, 0.25) is 0 Å². The number of nitrogens with one attached hydrogen (secondary N) is 1. The zero-order valence-corrected chi connectivity index (χ0v) is 20.6. The zero-order chi connectivity index (χ0) is 24.6. The van der Waals surface area contributed by atoms with Gasteiger partial charge in [0.1, 0.15) is 5.82 Å². The average Bonchev–Trinajstić information content (AvgIpc) is 3.27. The number of fused-ring (bicyclic) bond motifs is 2. The van der Waals surface area contributed by atoms with Gasteiger partial charge >= 0.3 is 0 Å². The van der Waals surface area contributed by atoms with E-state index in [-0.39, 0.29) is 16.8 Å². The fraction of sp³-hybridized carbons (Fsp3) is 0.259. The summed E-state index contributed by atoms with van der Waals surface area (Å²) in [6.45, 7) is 5.07. The van der Waals surface area contributed by atoms with Crippen molar-refractivity contribution in [3.05, 3.63) is 89.7 Å². The molecular weight excluding hydrogens is 460 g/mol. The van der Waals surface area contributed by atoms with Crippen molar-refractivity contribution in [2.75, 3.05) is 10.8 Å². The van der Waals surface area contributed by atoms with Crippen LogP contribution in [0.4, 0.5) is 5.69 Å². The summed E-state index contributed by atoms with van der Waals surface area (Å²) in [7, 11) is -3.80. The predicted molar refractivity (Wildman–Crippen MR) is 137 cm³/mol. The number of hydrogen-bond donors (Lipinski definition) is 1. The van der Waals surface area contributed by atoms with Crippen molar-refractivity contribution in [3.63, 3.8) is 0 Å². The number of nitrogens with zero attached hydrogens (tertiary/aromatic N) is 3. The number of carbonyl (C=O) groups is 1. The van der Waals surface area contributed by atoms with Crippen molar-refractivity contribution >= 4 is 32.7 Å². The van der Waals surface area contributed by atoms with Gasteiger partial charge in [0.05, 0.1) is 27.7 Å². The smallest absolute Gasteiger partial charge is 0.264 e. The second-order valence-electron chi connectivity index (χ2n) is 8.74. The van der Waals surface area contributed by atoms with E-state index in [4.69, 9.17) is 4.98 Å². The van der Waals surface area contributed by atoms with Crippen molar-refractivity contribution in [2.45, 2.75) is 44.2 Å². The second-order valence-corrected chi connectivity index (χ2v) is 10.6. The molecule has 180 valence electrons. The largest absolute Gasteiger partial charge is 0.342 e. The number of amides is 1. The minimum absolute atomic E-state index is 0.107. The molecule has 1 N–H and O–H groups in total. The molecule has 0 bridgehead atoms. The Morgan fingerprint density at radius 3 is 2.66 bits per heavy atom. The number of anilines is 1. The number of aryl methyl sites for hydroxylation is 2. The quantitative estimate of drug-likeness (QED) is 0.427. The third-order valence-corrected chi connectivity index (χ3v) is 8.30. The second kappa shape index (κ2) is 9.19. The third-order valence-electron chi connectivity index (χ3n) is 6.49. The molecule has 3 aromatic carbocycles. The molecule has 0 spiro atoms. The maximum atomic E-state index is 13.5. The van der Waals surface area contributed by atoms with Gasteiger partial charge < -0.3 is 9.88 Å². The fourth-order valence-electron chi connectivity index (χ4n) is 4.78. The number of carbonyl (C=O) groups excluding carboxylic acids is 1. The minimum Gasteiger partial charge on any atom is -0.342 e. The summed E-state index contributed by atoms with van der Waals surface area (Å²) in [6.07, 6.45) is 1.61. The number of sulfonamides is 1. The van der Waals surface area contributed by atoms with E-state index in [1.807, 2.05) is 62.4 Å². The molecule has 5 rings (SSSR count). The van der Waals surface area contributed by atoms with Gasteiger partial charge in [-0.25, -0.2) is 13.4 Å². The topological polar surface area (TPSA) is 84.3 Å². The summed E-state index contributed by atoms with van der Waals surface area (Å²) in [5, 5.41) is 2.99. The van der Waals surface area contributed by atoms with Crippen LogP contribution >= 0.6 is 0 Å². The molecule has 1 amide bonds. The third kappa shape index (κ3) is 4.18. The minimum atomic E-state index is -3.80. The summed E-state index contributed by atoms with van der Waals surface area (Å²) in [5.41, 5.74) is 3.91. The molecule has 4 aromatic rings. The highest BCUT2D eigenvalue weighted by Gasteiger charge is 2.29. The van der Waals surface area contributed by atoms with Crippen LogP contribution in [0, 0.1) is 0 Å². The Hall–Kier alpha value is -3.65. The van der Waals surface area contributed by atoms with Gasteiger partial charge in [-0.2, -0.15) is 0 Å². The Labute approximate surface area is 205 Å². The van der Waals surface area contributed by atoms with E-state index < -0.39 is 10.0 Å². The van der Waals surface area contributed by atoms with E-state index in [2.05, 4.69) is 9.88 Å². The van der Waals surface area contributed by atoms with E-state index in [0.29, 0.717) is 17.8 Å². The van der Waals surface area contributed by atoms with Crippen LogP contribution in [0.5, 0.6) is 0 Å². The van der Waals surface area contributed by atoms with Crippen molar-refractivity contribution < 1.29 is 13.2 Å². The maximum Gasteiger partial charge on any atom is 0.264 e. The molecule has 0 saturated heterocycles. The monoisotopic (exact) mass is 488 g/mol. The van der Waals surface area contributed by atoms with Gasteiger partial charge in [0.15, 0.2) is 0 Å². The summed E-state index contributed by atoms with van der Waals surface area (Å²) in [4.78, 5) is 18.0. The first-order chi connectivity index (χ1) is 16.9. The molecule has 1 aliphatic rings. The summed E-state index contributed by atoms with van der Waals surface area (Å²) in [6, 6.07) is 21.3. The van der Waals surface area contributed by atoms with E-state index in [9.17, 15) is 13.2 Å². The summed E-state index contributed by atoms with van der Waals surface area (Å²) < 4.78 is 30.6. The van der Waals surface area contributed by atoms with Gasteiger partial charge in [-0.1, -0.05) is 36.4 Å². The molecule has 1 aliphatic heterocycles. The lowest BCUT2D eigenvalue weighted by molar-refractivity contribution is 0.0937. The van der Waals surface area contributed by atoms with Crippen LogP contribution in [-0.2, 0) is 23.0 Å². The van der Waals surface area contributed by atoms with Gasteiger partial charge in [-0.15, -0.1) is 0 Å². The van der Waals surface area contributed by atoms with Crippen molar-refractivity contribution in [3.8, 4) is 0 Å². The van der Waals surface area contributed by atoms with Crippen molar-refractivity contribution in [2.24, 2.45) is 0 Å². The van der Waals surface area contributed by atoms with E-state index in [1.165, 1.54) is 10.4 Å². The molecule has 0 saturated carbocycles. The SMILES string of the molecule is CCn1c(C(C)NC(=O)c2cccc(S(=O)(=O)N3CCCc4ccccc43)c2)nc2ccccc21. The molecule has 0 fully saturated rings. The summed E-state index contributed by atoms with van der Waals surface area (Å²) in [5.74, 6) is 0.416. The van der Waals surface area contributed by atoms with Crippen LogP contribution in [0.25, 0.3) is 11.0 Å². The Kier molecular flexibility index (Phi) is 6.06. The van der Waals surface area contributed by atoms with Gasteiger partial charge in [0.25, 0.3) is 15.9 Å². The van der Waals surface area contributed by atoms with E-state index in [1.54, 1.807) is 18.2 Å². The molecular formula is C27H28N4O3S. The Morgan fingerprint density at radius 1 is 1.06 bits per heavy atom. The Morgan fingerprint density at radius 2 is 1.83 bits per heavy atom. The van der Waals surface area contributed by atoms with Crippen LogP contribution in [-0.4, -0.2) is 30.4 Å². The van der Waals surface area contributed by atoms with Crippen LogP contribution in [0.15, 0.2) is 77.7 Å². The lowest BCUT2D eigenvalue weighted by Crippen LogP contribution is -2.35. The predicted octanol–water partition coefficient (Wildman–Crippen LogP) is 4.69. The molecule has 1 aromatic heterocycles. The molecule has 8 heteroatoms. The van der Waals surface area contributed by atoms with Gasteiger partial charge in [0, 0.05) is 18.7 Å². The molecule has 7 nitrogen and oxygen atoms in total. The standard InChI is InChI=1S/C27H28N4O3S/c1-3-30-25-16-7-5-14-23(25)29-26(30)19(2)28-27(32)21-11-8-13-22(18-21)35(33,34)31-17-9-12-20-10-4-6-15-24(20)31/h4-8,10-11,13-16,18-19H,3,9,12,17H2,1-2H3,(H,28,32). The lowest BCUT2D eigenvalue weighted by Gasteiger charge is -2.30. The molecule has 35 heavy (non-hydrogen) atoms. The maximum absolute atomic E-state index is 13.5. The normalized spacial score (nSPS) is 14.5. The number of hydrogen-bond acceptors (Lipinski definition) is 4. The number of imidazole rings is 1. The van der Waals surface area contributed by atoms with Crippen molar-refractivity contribution in [1.82, 2.24) is 14.9 Å². The molecule has 1 unspecified atom stereocenters. The van der Waals surface area contributed by atoms with Crippen LogP contribution in [0.1, 0.15) is 48.1 Å². The Bertz CT molecular complexity index is 1510. The van der Waals surface area contributed by atoms with Gasteiger partial charge in [-0.3, -0.25) is 9.10 Å². The number of benzene rings is 3. The first kappa shape index (κ1) is 23.1. The van der Waals surface area contributed by atoms with Crippen LogP contribution in [0.2, 0.25) is 0 Å². The zero-order valence-electron chi connectivity index (χ0n) is 19.8. The number of para-hydroxylation sites is 3. The van der Waals surface area contributed by atoms with Gasteiger partial charge in [-0.05, 0) is 68.7 Å². The van der Waals surface area contributed by atoms with E-state index >= 15 is 0 Å². The highest BCUT2D eigenvalue weighted by Crippen LogP contribution is 2.32. The van der Waals surface area contributed by atoms with Crippen LogP contribution in [0.3, 0.4) is 0 Å². The van der Waals surface area contributed by atoms with Crippen LogP contribution < -0.4 is 9.62 Å². The fourth-order valence-corrected chi connectivity index (χ4v) is 6.36. The summed E-state index contributed by atoms with van der Waals surface area (Å²) >= 11 is 0. The highest BCUT2D eigenvalue weighted by atomic mass is 32.2. The molecule has 2 heterocycles. The number of rotatable bonds is 6. The Balaban J connectivity index is 1.41. The lowest BCUT2D eigenvalue weighted by atomic mass is 10.0. The molecule has 1 atom stereocenters. The van der Waals surface area contributed by atoms with Crippen molar-refractivity contribution in [1.29, 1.82) is 0 Å². The average molecular weight is 489 g/mol. The first-order valence-electron chi connectivity index (χ1n) is 11.9. The molecule has 0 aliphatic carbocycles. The number of aromatic nitrogens is 2. The molecule has 0 radical (unpaired) electrons. The highest BCUT2D eigenvalue weighted by molar-refractivity contribution is 7.92. The van der Waals surface area contributed by atoms with E-state index in [0.717, 1.165) is 41.8 Å². The first-order valence-corrected chi connectivity index (χ1v) is 13.3.